The van der Waals surface area contributed by atoms with Crippen molar-refractivity contribution in [2.24, 2.45) is 5.92 Å². The lowest BCUT2D eigenvalue weighted by Crippen LogP contribution is -2.22. The smallest absolute Gasteiger partial charge is 0.315 e. The van der Waals surface area contributed by atoms with E-state index < -0.39 is 0 Å². The van der Waals surface area contributed by atoms with Crippen LogP contribution in [0.4, 0.5) is 6.01 Å². The molecule has 1 aliphatic rings. The zero-order valence-corrected chi connectivity index (χ0v) is 11.3. The van der Waals surface area contributed by atoms with Crippen LogP contribution in [-0.4, -0.2) is 36.5 Å². The van der Waals surface area contributed by atoms with Crippen LogP contribution in [0, 0.1) is 5.92 Å². The largest absolute Gasteiger partial charge is 0.406 e. The van der Waals surface area contributed by atoms with E-state index in [9.17, 15) is 0 Å². The molecule has 2 heterocycles. The summed E-state index contributed by atoms with van der Waals surface area (Å²) in [5.74, 6) is 1.14. The van der Waals surface area contributed by atoms with E-state index in [2.05, 4.69) is 27.8 Å². The third-order valence-electron chi connectivity index (χ3n) is 3.51. The van der Waals surface area contributed by atoms with E-state index in [0.29, 0.717) is 23.9 Å². The molecule has 0 bridgehead atoms. The average molecular weight is 254 g/mol. The van der Waals surface area contributed by atoms with Crippen LogP contribution in [0.1, 0.15) is 38.6 Å². The summed E-state index contributed by atoms with van der Waals surface area (Å²) in [6, 6.07) is 0.570. The van der Waals surface area contributed by atoms with Gasteiger partial charge in [0.1, 0.15) is 0 Å². The molecule has 1 aliphatic heterocycles. The average Bonchev–Trinajstić information content (AvgIpc) is 3.03. The number of rotatable bonds is 6. The van der Waals surface area contributed by atoms with E-state index in [1.807, 2.05) is 14.0 Å². The number of aromatic nitrogens is 2. The van der Waals surface area contributed by atoms with Gasteiger partial charge in [-0.1, -0.05) is 12.0 Å². The molecule has 6 nitrogen and oxygen atoms in total. The minimum Gasteiger partial charge on any atom is -0.406 e. The molecule has 0 aliphatic carbocycles. The number of nitrogens with zero attached hydrogens (tertiary/aromatic N) is 2. The van der Waals surface area contributed by atoms with Crippen LogP contribution < -0.4 is 10.6 Å². The van der Waals surface area contributed by atoms with E-state index >= 15 is 0 Å². The van der Waals surface area contributed by atoms with E-state index in [1.165, 1.54) is 0 Å². The predicted octanol–water partition coefficient (Wildman–Crippen LogP) is 1.58. The summed E-state index contributed by atoms with van der Waals surface area (Å²) in [6.07, 6.45) is 2.51. The van der Waals surface area contributed by atoms with Crippen molar-refractivity contribution in [3.8, 4) is 0 Å². The molecule has 1 saturated heterocycles. The van der Waals surface area contributed by atoms with Crippen molar-refractivity contribution < 1.29 is 9.15 Å². The standard InChI is InChI=1S/C12H22N4O2/c1-4-10-9(5-6-17-10)7-14-12-16-15-11(18-12)8(2)13-3/h8-10,13H,4-7H2,1-3H3,(H,14,16). The van der Waals surface area contributed by atoms with E-state index in [0.717, 1.165) is 26.0 Å². The van der Waals surface area contributed by atoms with Crippen LogP contribution >= 0.6 is 0 Å². The maximum Gasteiger partial charge on any atom is 0.315 e. The fourth-order valence-corrected chi connectivity index (χ4v) is 2.20. The molecule has 2 N–H and O–H groups in total. The van der Waals surface area contributed by atoms with Gasteiger partial charge in [0.2, 0.25) is 5.89 Å². The zero-order chi connectivity index (χ0) is 13.0. The quantitative estimate of drug-likeness (QED) is 0.803. The molecule has 18 heavy (non-hydrogen) atoms. The predicted molar refractivity (Wildman–Crippen MR) is 68.4 cm³/mol. The van der Waals surface area contributed by atoms with Crippen LogP contribution in [0.3, 0.4) is 0 Å². The third kappa shape index (κ3) is 3.00. The van der Waals surface area contributed by atoms with Gasteiger partial charge in [-0.15, -0.1) is 5.10 Å². The van der Waals surface area contributed by atoms with E-state index in [4.69, 9.17) is 9.15 Å². The maximum absolute atomic E-state index is 5.65. The van der Waals surface area contributed by atoms with E-state index in [1.54, 1.807) is 0 Å². The van der Waals surface area contributed by atoms with Crippen molar-refractivity contribution in [3.63, 3.8) is 0 Å². The molecule has 1 aromatic heterocycles. The number of hydrogen-bond donors (Lipinski definition) is 2. The van der Waals surface area contributed by atoms with Gasteiger partial charge >= 0.3 is 6.01 Å². The lowest BCUT2D eigenvalue weighted by atomic mass is 10.00. The van der Waals surface area contributed by atoms with Crippen molar-refractivity contribution in [1.82, 2.24) is 15.5 Å². The highest BCUT2D eigenvalue weighted by Crippen LogP contribution is 2.23. The first-order valence-electron chi connectivity index (χ1n) is 6.60. The summed E-state index contributed by atoms with van der Waals surface area (Å²) in [4.78, 5) is 0. The van der Waals surface area contributed by atoms with Gasteiger partial charge in [-0.05, 0) is 26.8 Å². The highest BCUT2D eigenvalue weighted by atomic mass is 16.5. The lowest BCUT2D eigenvalue weighted by molar-refractivity contribution is 0.0899. The molecule has 6 heteroatoms. The summed E-state index contributed by atoms with van der Waals surface area (Å²) in [6.45, 7) is 5.82. The third-order valence-corrected chi connectivity index (χ3v) is 3.51. The van der Waals surface area contributed by atoms with Gasteiger partial charge < -0.3 is 19.8 Å². The molecule has 3 atom stereocenters. The zero-order valence-electron chi connectivity index (χ0n) is 11.3. The van der Waals surface area contributed by atoms with E-state index in [-0.39, 0.29) is 6.04 Å². The number of hydrogen-bond acceptors (Lipinski definition) is 6. The van der Waals surface area contributed by atoms with Crippen LogP contribution in [0.15, 0.2) is 4.42 Å². The van der Waals surface area contributed by atoms with Gasteiger partial charge in [-0.25, -0.2) is 0 Å². The topological polar surface area (TPSA) is 72.2 Å². The molecule has 0 saturated carbocycles. The second-order valence-electron chi connectivity index (χ2n) is 4.70. The molecule has 3 unspecified atom stereocenters. The molecule has 0 spiro atoms. The minimum absolute atomic E-state index is 0.0752. The number of nitrogens with one attached hydrogen (secondary N) is 2. The summed E-state index contributed by atoms with van der Waals surface area (Å²) in [5.41, 5.74) is 0. The SMILES string of the molecule is CCC1OCCC1CNc1nnc(C(C)NC)o1. The lowest BCUT2D eigenvalue weighted by Gasteiger charge is -2.16. The Morgan fingerprint density at radius 1 is 1.44 bits per heavy atom. The van der Waals surface area contributed by atoms with Gasteiger partial charge in [-0.3, -0.25) is 0 Å². The van der Waals surface area contributed by atoms with Crippen molar-refractivity contribution in [3.05, 3.63) is 5.89 Å². The van der Waals surface area contributed by atoms with Gasteiger partial charge in [0.15, 0.2) is 0 Å². The van der Waals surface area contributed by atoms with Crippen LogP contribution in [0.5, 0.6) is 0 Å². The number of ether oxygens (including phenoxy) is 1. The Hall–Kier alpha value is -1.14. The summed E-state index contributed by atoms with van der Waals surface area (Å²) >= 11 is 0. The molecule has 102 valence electrons. The van der Waals surface area contributed by atoms with Crippen LogP contribution in [-0.2, 0) is 4.74 Å². The minimum atomic E-state index is 0.0752. The Kier molecular flexibility index (Phi) is 4.54. The molecular formula is C12H22N4O2. The highest BCUT2D eigenvalue weighted by Gasteiger charge is 2.26. The Labute approximate surface area is 107 Å². The highest BCUT2D eigenvalue weighted by molar-refractivity contribution is 5.17. The molecule has 0 aromatic carbocycles. The maximum atomic E-state index is 5.65. The molecular weight excluding hydrogens is 232 g/mol. The van der Waals surface area contributed by atoms with Gasteiger partial charge in [0.05, 0.1) is 12.1 Å². The first kappa shape index (κ1) is 13.3. The van der Waals surface area contributed by atoms with Crippen LogP contribution in [0.25, 0.3) is 0 Å². The second kappa shape index (κ2) is 6.15. The second-order valence-corrected chi connectivity index (χ2v) is 4.70. The van der Waals surface area contributed by atoms with Crippen molar-refractivity contribution in [1.29, 1.82) is 0 Å². The Morgan fingerprint density at radius 2 is 2.28 bits per heavy atom. The Morgan fingerprint density at radius 3 is 3.00 bits per heavy atom. The Bertz CT molecular complexity index is 369. The fourth-order valence-electron chi connectivity index (χ4n) is 2.20. The summed E-state index contributed by atoms with van der Waals surface area (Å²) in [7, 11) is 1.86. The van der Waals surface area contributed by atoms with Crippen molar-refractivity contribution >= 4 is 6.01 Å². The first-order valence-corrected chi connectivity index (χ1v) is 6.60. The van der Waals surface area contributed by atoms with Gasteiger partial charge in [0.25, 0.3) is 0 Å². The molecule has 2 rings (SSSR count). The van der Waals surface area contributed by atoms with Crippen molar-refractivity contribution in [2.75, 3.05) is 25.5 Å². The fraction of sp³-hybridized carbons (Fsp3) is 0.833. The van der Waals surface area contributed by atoms with Crippen molar-refractivity contribution in [2.45, 2.75) is 38.8 Å². The normalized spacial score (nSPS) is 25.3. The molecule has 1 aromatic rings. The first-order chi connectivity index (χ1) is 8.74. The van der Waals surface area contributed by atoms with Crippen LogP contribution in [0.2, 0.25) is 0 Å². The van der Waals surface area contributed by atoms with Gasteiger partial charge in [-0.2, -0.15) is 0 Å². The molecule has 0 radical (unpaired) electrons. The molecule has 0 amide bonds. The monoisotopic (exact) mass is 254 g/mol. The Balaban J connectivity index is 1.84. The van der Waals surface area contributed by atoms with Gasteiger partial charge in [0, 0.05) is 19.1 Å². The number of anilines is 1. The molecule has 1 fully saturated rings. The summed E-state index contributed by atoms with van der Waals surface area (Å²) in [5, 5.41) is 14.3. The summed E-state index contributed by atoms with van der Waals surface area (Å²) < 4.78 is 11.2.